The van der Waals surface area contributed by atoms with Gasteiger partial charge in [0.25, 0.3) is 0 Å². The quantitative estimate of drug-likeness (QED) is 0.723. The van der Waals surface area contributed by atoms with Gasteiger partial charge < -0.3 is 10.2 Å². The summed E-state index contributed by atoms with van der Waals surface area (Å²) in [6.45, 7) is 11.9. The minimum atomic E-state index is -0.183. The Bertz CT molecular complexity index is 423. The number of aliphatic hydroxyl groups is 2. The molecule has 128 valence electrons. The lowest BCUT2D eigenvalue weighted by Crippen LogP contribution is -2.43. The van der Waals surface area contributed by atoms with Crippen LogP contribution in [0.25, 0.3) is 0 Å². The van der Waals surface area contributed by atoms with Crippen LogP contribution in [0.1, 0.15) is 79.6 Å². The zero-order valence-electron chi connectivity index (χ0n) is 15.3. The molecule has 2 aliphatic rings. The van der Waals surface area contributed by atoms with Crippen molar-refractivity contribution in [1.29, 1.82) is 0 Å². The minimum Gasteiger partial charge on any atom is -0.396 e. The third kappa shape index (κ3) is 3.14. The molecule has 0 aliphatic heterocycles. The first-order valence-electron chi connectivity index (χ1n) is 9.25. The van der Waals surface area contributed by atoms with E-state index in [1.807, 2.05) is 0 Å². The fraction of sp³-hybridized carbons (Fsp3) is 0.900. The van der Waals surface area contributed by atoms with Crippen LogP contribution in [-0.2, 0) is 0 Å². The van der Waals surface area contributed by atoms with Gasteiger partial charge in [-0.05, 0) is 62.2 Å². The van der Waals surface area contributed by atoms with Crippen LogP contribution in [-0.4, -0.2) is 22.9 Å². The van der Waals surface area contributed by atoms with Crippen molar-refractivity contribution in [2.75, 3.05) is 6.61 Å². The molecule has 0 fully saturated rings. The molecular weight excluding hydrogens is 272 g/mol. The number of hydrogen-bond donors (Lipinski definition) is 2. The van der Waals surface area contributed by atoms with Crippen LogP contribution in [0.15, 0.2) is 11.1 Å². The molecule has 0 aromatic carbocycles. The smallest absolute Gasteiger partial charge is 0.0631 e. The Morgan fingerprint density at radius 1 is 1.09 bits per heavy atom. The third-order valence-corrected chi connectivity index (χ3v) is 7.03. The summed E-state index contributed by atoms with van der Waals surface area (Å²) in [7, 11) is 0. The summed E-state index contributed by atoms with van der Waals surface area (Å²) in [5, 5.41) is 19.6. The van der Waals surface area contributed by atoms with E-state index in [2.05, 4.69) is 34.6 Å². The van der Waals surface area contributed by atoms with E-state index < -0.39 is 0 Å². The van der Waals surface area contributed by atoms with E-state index in [1.54, 1.807) is 11.1 Å². The fourth-order valence-electron chi connectivity index (χ4n) is 4.77. The van der Waals surface area contributed by atoms with Crippen LogP contribution >= 0.6 is 0 Å². The van der Waals surface area contributed by atoms with Gasteiger partial charge in [0.1, 0.15) is 0 Å². The van der Waals surface area contributed by atoms with Gasteiger partial charge in [-0.25, -0.2) is 0 Å². The molecule has 0 heterocycles. The maximum absolute atomic E-state index is 10.4. The van der Waals surface area contributed by atoms with Gasteiger partial charge in [0.2, 0.25) is 0 Å². The van der Waals surface area contributed by atoms with Crippen LogP contribution < -0.4 is 0 Å². The van der Waals surface area contributed by atoms with Gasteiger partial charge in [-0.2, -0.15) is 0 Å². The fourth-order valence-corrected chi connectivity index (χ4v) is 4.77. The van der Waals surface area contributed by atoms with E-state index in [4.69, 9.17) is 5.11 Å². The molecule has 0 saturated heterocycles. The van der Waals surface area contributed by atoms with Gasteiger partial charge in [0.05, 0.1) is 6.10 Å². The Morgan fingerprint density at radius 2 is 1.73 bits per heavy atom. The summed E-state index contributed by atoms with van der Waals surface area (Å²) in [5.41, 5.74) is 3.46. The Hall–Kier alpha value is -0.340. The summed E-state index contributed by atoms with van der Waals surface area (Å²) in [6.07, 6.45) is 7.57. The van der Waals surface area contributed by atoms with Crippen molar-refractivity contribution < 1.29 is 10.2 Å². The molecule has 0 aromatic heterocycles. The first-order chi connectivity index (χ1) is 10.2. The van der Waals surface area contributed by atoms with E-state index in [0.29, 0.717) is 12.5 Å². The molecule has 4 atom stereocenters. The first-order valence-corrected chi connectivity index (χ1v) is 9.25. The van der Waals surface area contributed by atoms with Crippen molar-refractivity contribution in [2.45, 2.75) is 85.7 Å². The highest BCUT2D eigenvalue weighted by atomic mass is 16.3. The van der Waals surface area contributed by atoms with E-state index in [-0.39, 0.29) is 16.9 Å². The molecule has 0 spiro atoms. The van der Waals surface area contributed by atoms with Crippen molar-refractivity contribution in [3.8, 4) is 0 Å². The SMILES string of the molecule is C[C@H](CCO)CC[C@]1(C)C2=C(CC[C@@H]1C)C(C)(C)[C@H](O)CC2. The van der Waals surface area contributed by atoms with Crippen LogP contribution in [0.3, 0.4) is 0 Å². The number of rotatable bonds is 5. The molecule has 0 amide bonds. The van der Waals surface area contributed by atoms with Gasteiger partial charge in [-0.3, -0.25) is 0 Å². The number of allylic oxidation sites excluding steroid dienone is 1. The predicted molar refractivity (Wildman–Crippen MR) is 92.7 cm³/mol. The molecule has 2 nitrogen and oxygen atoms in total. The molecule has 2 heteroatoms. The zero-order chi connectivity index (χ0) is 16.5. The minimum absolute atomic E-state index is 0.0499. The summed E-state index contributed by atoms with van der Waals surface area (Å²) in [4.78, 5) is 0. The lowest BCUT2D eigenvalue weighted by molar-refractivity contribution is 0.0383. The first kappa shape index (κ1) is 18.0. The molecule has 22 heavy (non-hydrogen) atoms. The second-order valence-corrected chi connectivity index (χ2v) is 8.75. The maximum atomic E-state index is 10.4. The zero-order valence-corrected chi connectivity index (χ0v) is 15.3. The second kappa shape index (κ2) is 6.65. The van der Waals surface area contributed by atoms with Crippen molar-refractivity contribution in [3.63, 3.8) is 0 Å². The molecule has 0 radical (unpaired) electrons. The highest BCUT2D eigenvalue weighted by molar-refractivity contribution is 5.33. The molecule has 2 aliphatic carbocycles. The van der Waals surface area contributed by atoms with Crippen molar-refractivity contribution in [3.05, 3.63) is 11.1 Å². The van der Waals surface area contributed by atoms with Crippen LogP contribution in [0.2, 0.25) is 0 Å². The predicted octanol–water partition coefficient (Wildman–Crippen LogP) is 4.70. The topological polar surface area (TPSA) is 40.5 Å². The van der Waals surface area contributed by atoms with Gasteiger partial charge in [-0.1, -0.05) is 45.8 Å². The standard InChI is InChI=1S/C20H36O2/c1-14(11-13-21)10-12-20(5)15(2)6-7-16-17(20)8-9-18(22)19(16,3)4/h14-15,18,21-22H,6-13H2,1-5H3/t14-,15-,18+,20-/m0/s1. The van der Waals surface area contributed by atoms with E-state index >= 15 is 0 Å². The highest BCUT2D eigenvalue weighted by Gasteiger charge is 2.46. The molecule has 0 unspecified atom stereocenters. The summed E-state index contributed by atoms with van der Waals surface area (Å²) in [5.74, 6) is 1.32. The molecule has 0 bridgehead atoms. The Balaban J connectivity index is 2.26. The van der Waals surface area contributed by atoms with Crippen LogP contribution in [0.4, 0.5) is 0 Å². The summed E-state index contributed by atoms with van der Waals surface area (Å²) in [6, 6.07) is 0. The average Bonchev–Trinajstić information content (AvgIpc) is 2.45. The Labute approximate surface area is 137 Å². The lowest BCUT2D eigenvalue weighted by atomic mass is 9.54. The van der Waals surface area contributed by atoms with Crippen LogP contribution in [0.5, 0.6) is 0 Å². The highest BCUT2D eigenvalue weighted by Crippen LogP contribution is 2.56. The van der Waals surface area contributed by atoms with Gasteiger partial charge in [0, 0.05) is 12.0 Å². The van der Waals surface area contributed by atoms with E-state index in [0.717, 1.165) is 25.2 Å². The van der Waals surface area contributed by atoms with Crippen molar-refractivity contribution in [1.82, 2.24) is 0 Å². The van der Waals surface area contributed by atoms with Gasteiger partial charge in [0.15, 0.2) is 0 Å². The second-order valence-electron chi connectivity index (χ2n) is 8.75. The lowest BCUT2D eigenvalue weighted by Gasteiger charge is -2.51. The van der Waals surface area contributed by atoms with Crippen molar-refractivity contribution in [2.24, 2.45) is 22.7 Å². The third-order valence-electron chi connectivity index (χ3n) is 7.03. The number of hydrogen-bond acceptors (Lipinski definition) is 2. The normalized spacial score (nSPS) is 36.1. The van der Waals surface area contributed by atoms with E-state index in [9.17, 15) is 5.11 Å². The van der Waals surface area contributed by atoms with Crippen molar-refractivity contribution >= 4 is 0 Å². The molecular formula is C20H36O2. The maximum Gasteiger partial charge on any atom is 0.0631 e. The Morgan fingerprint density at radius 3 is 2.36 bits per heavy atom. The molecule has 0 saturated carbocycles. The van der Waals surface area contributed by atoms with Gasteiger partial charge >= 0.3 is 0 Å². The molecule has 2 N–H and O–H groups in total. The van der Waals surface area contributed by atoms with Crippen LogP contribution in [0, 0.1) is 22.7 Å². The monoisotopic (exact) mass is 308 g/mol. The Kier molecular flexibility index (Phi) is 5.44. The average molecular weight is 309 g/mol. The molecule has 0 aromatic rings. The number of aliphatic hydroxyl groups excluding tert-OH is 2. The summed E-state index contributed by atoms with van der Waals surface area (Å²) < 4.78 is 0. The van der Waals surface area contributed by atoms with E-state index in [1.165, 1.54) is 25.7 Å². The molecule has 2 rings (SSSR count). The largest absolute Gasteiger partial charge is 0.396 e. The van der Waals surface area contributed by atoms with Gasteiger partial charge in [-0.15, -0.1) is 0 Å². The summed E-state index contributed by atoms with van der Waals surface area (Å²) >= 11 is 0.